The molecule has 0 radical (unpaired) electrons. The monoisotopic (exact) mass is 467 g/mol. The topological polar surface area (TPSA) is 84.9 Å². The van der Waals surface area contributed by atoms with Crippen molar-refractivity contribution in [3.05, 3.63) is 68.7 Å². The smallest absolute Gasteiger partial charge is 0.337 e. The van der Waals surface area contributed by atoms with Gasteiger partial charge in [0.2, 0.25) is 0 Å². The molecule has 2 atom stereocenters. The molecule has 0 amide bonds. The van der Waals surface area contributed by atoms with Crippen LogP contribution in [-0.2, 0) is 14.3 Å². The van der Waals surface area contributed by atoms with Gasteiger partial charge in [0.1, 0.15) is 0 Å². The van der Waals surface area contributed by atoms with E-state index < -0.39 is 11.9 Å². The molecule has 0 bridgehead atoms. The van der Waals surface area contributed by atoms with E-state index in [4.69, 9.17) is 9.47 Å². The van der Waals surface area contributed by atoms with Crippen LogP contribution in [0.15, 0.2) is 58.3 Å². The molecule has 0 unspecified atom stereocenters. The predicted molar refractivity (Wildman–Crippen MR) is 127 cm³/mol. The summed E-state index contributed by atoms with van der Waals surface area (Å²) in [6.45, 7) is 7.67. The minimum absolute atomic E-state index is 0.0144. The van der Waals surface area contributed by atoms with Gasteiger partial charge in [0.25, 0.3) is 0 Å². The molecule has 1 aliphatic carbocycles. The first-order valence-electron chi connectivity index (χ1n) is 11.2. The lowest BCUT2D eigenvalue weighted by atomic mass is 9.72. The van der Waals surface area contributed by atoms with Gasteiger partial charge in [-0.3, -0.25) is 4.79 Å². The van der Waals surface area contributed by atoms with Gasteiger partial charge in [-0.25, -0.2) is 4.79 Å². The number of ether oxygens (including phenoxy) is 2. The molecule has 4 rings (SSSR count). The number of dihydropyridines is 1. The van der Waals surface area contributed by atoms with E-state index in [9.17, 15) is 14.7 Å². The number of benzene rings is 1. The average Bonchev–Trinajstić information content (AvgIpc) is 3.29. The molecule has 33 heavy (non-hydrogen) atoms. The third-order valence-corrected chi connectivity index (χ3v) is 6.99. The molecule has 6 nitrogen and oxygen atoms in total. The zero-order valence-corrected chi connectivity index (χ0v) is 20.1. The van der Waals surface area contributed by atoms with Gasteiger partial charge in [0, 0.05) is 40.1 Å². The SMILES string of the molecule is CCOc1cc([C@@H]2C(C(=O)OC(C)C)=C(C)NC3=C2C(=O)C[C@H](c2cccs2)C3)ccc1O. The highest BCUT2D eigenvalue weighted by Crippen LogP contribution is 2.47. The Balaban J connectivity index is 1.83. The zero-order chi connectivity index (χ0) is 23.7. The van der Waals surface area contributed by atoms with Crippen molar-refractivity contribution in [2.75, 3.05) is 6.61 Å². The highest BCUT2D eigenvalue weighted by Gasteiger charge is 2.42. The molecule has 174 valence electrons. The van der Waals surface area contributed by atoms with Crippen LogP contribution in [0.25, 0.3) is 0 Å². The molecule has 0 saturated carbocycles. The zero-order valence-electron chi connectivity index (χ0n) is 19.3. The number of ketones is 1. The molecule has 2 N–H and O–H groups in total. The molecule has 2 heterocycles. The number of carbonyl (C=O) groups is 2. The Morgan fingerprint density at radius 1 is 1.27 bits per heavy atom. The second kappa shape index (κ2) is 9.43. The lowest BCUT2D eigenvalue weighted by Gasteiger charge is -2.36. The summed E-state index contributed by atoms with van der Waals surface area (Å²) in [5.41, 5.74) is 3.24. The summed E-state index contributed by atoms with van der Waals surface area (Å²) < 4.78 is 11.1. The maximum Gasteiger partial charge on any atom is 0.337 e. The maximum absolute atomic E-state index is 13.5. The Bertz CT molecular complexity index is 1130. The van der Waals surface area contributed by atoms with Crippen LogP contribution < -0.4 is 10.1 Å². The molecule has 0 fully saturated rings. The van der Waals surface area contributed by atoms with Crippen molar-refractivity contribution in [2.24, 2.45) is 0 Å². The number of carbonyl (C=O) groups excluding carboxylic acids is 2. The minimum Gasteiger partial charge on any atom is -0.504 e. The Kier molecular flexibility index (Phi) is 6.61. The van der Waals surface area contributed by atoms with Crippen molar-refractivity contribution in [3.63, 3.8) is 0 Å². The van der Waals surface area contributed by atoms with Gasteiger partial charge in [0.05, 0.1) is 18.3 Å². The van der Waals surface area contributed by atoms with Crippen LogP contribution >= 0.6 is 11.3 Å². The number of hydrogen-bond acceptors (Lipinski definition) is 7. The fraction of sp³-hybridized carbons (Fsp3) is 0.385. The number of phenols is 1. The second-order valence-electron chi connectivity index (χ2n) is 8.65. The number of hydrogen-bond donors (Lipinski definition) is 2. The van der Waals surface area contributed by atoms with E-state index in [1.165, 1.54) is 4.88 Å². The molecular formula is C26H29NO5S. The first kappa shape index (κ1) is 23.1. The number of nitrogens with one attached hydrogen (secondary N) is 1. The van der Waals surface area contributed by atoms with Gasteiger partial charge in [0.15, 0.2) is 17.3 Å². The Morgan fingerprint density at radius 2 is 2.06 bits per heavy atom. The first-order valence-corrected chi connectivity index (χ1v) is 12.1. The van der Waals surface area contributed by atoms with Crippen LogP contribution in [0.2, 0.25) is 0 Å². The summed E-state index contributed by atoms with van der Waals surface area (Å²) in [5, 5.41) is 15.6. The number of thiophene rings is 1. The molecular weight excluding hydrogens is 438 g/mol. The third-order valence-electron chi connectivity index (χ3n) is 5.95. The van der Waals surface area contributed by atoms with Crippen molar-refractivity contribution >= 4 is 23.1 Å². The lowest BCUT2D eigenvalue weighted by Crippen LogP contribution is -2.36. The van der Waals surface area contributed by atoms with Gasteiger partial charge in [-0.15, -0.1) is 11.3 Å². The second-order valence-corrected chi connectivity index (χ2v) is 9.63. The number of allylic oxidation sites excluding steroid dienone is 3. The molecule has 7 heteroatoms. The van der Waals surface area contributed by atoms with Gasteiger partial charge < -0.3 is 19.9 Å². The van der Waals surface area contributed by atoms with Gasteiger partial charge in [-0.05, 0) is 63.3 Å². The summed E-state index contributed by atoms with van der Waals surface area (Å²) in [6, 6.07) is 9.07. The van der Waals surface area contributed by atoms with Crippen molar-refractivity contribution in [1.29, 1.82) is 0 Å². The number of aromatic hydroxyl groups is 1. The van der Waals surface area contributed by atoms with Crippen molar-refractivity contribution in [2.45, 2.75) is 58.5 Å². The van der Waals surface area contributed by atoms with Crippen LogP contribution in [0.3, 0.4) is 0 Å². The lowest BCUT2D eigenvalue weighted by molar-refractivity contribution is -0.143. The van der Waals surface area contributed by atoms with E-state index >= 15 is 0 Å². The Hall–Kier alpha value is -3.06. The fourth-order valence-electron chi connectivity index (χ4n) is 4.63. The van der Waals surface area contributed by atoms with Gasteiger partial charge in [-0.2, -0.15) is 0 Å². The minimum atomic E-state index is -0.593. The maximum atomic E-state index is 13.5. The first-order chi connectivity index (χ1) is 15.8. The van der Waals surface area contributed by atoms with Gasteiger partial charge in [-0.1, -0.05) is 12.1 Å². The molecule has 1 aromatic carbocycles. The van der Waals surface area contributed by atoms with Crippen LogP contribution in [0.1, 0.15) is 62.8 Å². The van der Waals surface area contributed by atoms with Crippen LogP contribution in [-0.4, -0.2) is 29.6 Å². The van der Waals surface area contributed by atoms with E-state index in [1.807, 2.05) is 25.3 Å². The predicted octanol–water partition coefficient (Wildman–Crippen LogP) is 5.17. The third kappa shape index (κ3) is 4.55. The van der Waals surface area contributed by atoms with Crippen molar-refractivity contribution in [1.82, 2.24) is 5.32 Å². The van der Waals surface area contributed by atoms with E-state index in [0.717, 1.165) is 5.70 Å². The summed E-state index contributed by atoms with van der Waals surface area (Å²) in [6.07, 6.45) is 0.788. The highest BCUT2D eigenvalue weighted by atomic mass is 32.1. The van der Waals surface area contributed by atoms with E-state index in [1.54, 1.807) is 43.4 Å². The Labute approximate surface area is 197 Å². The average molecular weight is 468 g/mol. The van der Waals surface area contributed by atoms with Crippen molar-refractivity contribution < 1.29 is 24.2 Å². The molecule has 0 spiro atoms. The Morgan fingerprint density at radius 3 is 2.73 bits per heavy atom. The molecule has 0 saturated heterocycles. The highest BCUT2D eigenvalue weighted by molar-refractivity contribution is 7.10. The van der Waals surface area contributed by atoms with E-state index in [0.29, 0.717) is 47.6 Å². The number of rotatable bonds is 6. The normalized spacial score (nSPS) is 20.6. The summed E-state index contributed by atoms with van der Waals surface area (Å²) in [5.74, 6) is -0.580. The fourth-order valence-corrected chi connectivity index (χ4v) is 5.46. The standard InChI is InChI=1S/C26H29NO5S/c1-5-31-21-13-16(8-9-19(21)28)24-23(26(30)32-14(2)3)15(4)27-18-11-17(12-20(29)25(18)24)22-7-6-10-33-22/h6-10,13-14,17,24,27-28H,5,11-12H2,1-4H3/t17-,24-/m1/s1. The van der Waals surface area contributed by atoms with Crippen LogP contribution in [0.5, 0.6) is 11.5 Å². The quantitative estimate of drug-likeness (QED) is 0.571. The molecule has 2 aromatic rings. The molecule has 1 aliphatic heterocycles. The number of esters is 1. The van der Waals surface area contributed by atoms with E-state index in [2.05, 4.69) is 11.4 Å². The largest absolute Gasteiger partial charge is 0.504 e. The summed E-state index contributed by atoms with van der Waals surface area (Å²) in [4.78, 5) is 27.9. The summed E-state index contributed by atoms with van der Waals surface area (Å²) >= 11 is 1.66. The summed E-state index contributed by atoms with van der Waals surface area (Å²) in [7, 11) is 0. The van der Waals surface area contributed by atoms with Gasteiger partial charge >= 0.3 is 5.97 Å². The van der Waals surface area contributed by atoms with Crippen LogP contribution in [0, 0.1) is 0 Å². The van der Waals surface area contributed by atoms with Crippen molar-refractivity contribution in [3.8, 4) is 11.5 Å². The number of phenolic OH excluding ortho intramolecular Hbond substituents is 1. The molecule has 1 aromatic heterocycles. The number of Topliss-reactive ketones (excluding diaryl/α,β-unsaturated/α-hetero) is 1. The van der Waals surface area contributed by atoms with Crippen LogP contribution in [0.4, 0.5) is 0 Å². The molecule has 2 aliphatic rings. The van der Waals surface area contributed by atoms with E-state index in [-0.39, 0.29) is 23.6 Å².